The molecule has 0 heterocycles. The Bertz CT molecular complexity index is 809. The van der Waals surface area contributed by atoms with Crippen LogP contribution < -0.4 is 0 Å². The van der Waals surface area contributed by atoms with Crippen molar-refractivity contribution in [2.75, 3.05) is 5.75 Å². The van der Waals surface area contributed by atoms with Crippen molar-refractivity contribution >= 4 is 11.8 Å². The highest BCUT2D eigenvalue weighted by molar-refractivity contribution is 8.00. The summed E-state index contributed by atoms with van der Waals surface area (Å²) >= 11 is 2.01. The largest absolute Gasteiger partial charge is 0.393 e. The van der Waals surface area contributed by atoms with Gasteiger partial charge in [0.25, 0.3) is 0 Å². The van der Waals surface area contributed by atoms with Crippen LogP contribution in [0.5, 0.6) is 0 Å². The predicted octanol–water partition coefficient (Wildman–Crippen LogP) is 5.80. The molecule has 180 valence electrons. The van der Waals surface area contributed by atoms with E-state index in [2.05, 4.69) is 52.8 Å². The molecule has 0 unspecified atom stereocenters. The summed E-state index contributed by atoms with van der Waals surface area (Å²) in [6.07, 6.45) is 13.3. The number of hydrogen-bond acceptors (Lipinski definition) is 4. The first-order valence-corrected chi connectivity index (χ1v) is 14.0. The van der Waals surface area contributed by atoms with Gasteiger partial charge in [0.1, 0.15) is 0 Å². The molecule has 2 saturated carbocycles. The molecule has 4 rings (SSSR count). The Kier molecular flexibility index (Phi) is 6.84. The predicted molar refractivity (Wildman–Crippen MR) is 135 cm³/mol. The van der Waals surface area contributed by atoms with Crippen molar-refractivity contribution in [2.45, 2.75) is 109 Å². The van der Waals surface area contributed by atoms with Crippen molar-refractivity contribution in [1.82, 2.24) is 0 Å². The average molecular weight is 461 g/mol. The third-order valence-electron chi connectivity index (χ3n) is 9.98. The lowest BCUT2D eigenvalue weighted by atomic mass is 9.50. The lowest BCUT2D eigenvalue weighted by Crippen LogP contribution is -2.52. The zero-order chi connectivity index (χ0) is 23.3. The molecule has 4 aliphatic rings. The molecule has 3 N–H and O–H groups in total. The van der Waals surface area contributed by atoms with E-state index in [9.17, 15) is 15.3 Å². The van der Waals surface area contributed by atoms with E-state index in [1.165, 1.54) is 17.6 Å². The summed E-state index contributed by atoms with van der Waals surface area (Å²) in [5, 5.41) is 32.4. The van der Waals surface area contributed by atoms with Gasteiger partial charge >= 0.3 is 0 Å². The minimum atomic E-state index is -0.512. The average Bonchev–Trinajstić information content (AvgIpc) is 3.12. The van der Waals surface area contributed by atoms with E-state index in [0.717, 1.165) is 37.9 Å². The number of thioether (sulfide) groups is 1. The van der Waals surface area contributed by atoms with Crippen LogP contribution >= 0.6 is 11.8 Å². The zero-order valence-corrected chi connectivity index (χ0v) is 21.5. The molecular weight excluding hydrogens is 416 g/mol. The van der Waals surface area contributed by atoms with Crippen molar-refractivity contribution in [1.29, 1.82) is 0 Å². The lowest BCUT2D eigenvalue weighted by Gasteiger charge is -2.56. The topological polar surface area (TPSA) is 60.7 Å². The summed E-state index contributed by atoms with van der Waals surface area (Å²) in [5.41, 5.74) is 3.84. The first kappa shape index (κ1) is 24.6. The molecule has 0 aliphatic heterocycles. The molecule has 0 bridgehead atoms. The molecule has 4 aliphatic carbocycles. The molecule has 0 spiro atoms. The van der Waals surface area contributed by atoms with E-state index in [1.807, 2.05) is 11.8 Å². The van der Waals surface area contributed by atoms with Crippen molar-refractivity contribution in [2.24, 2.45) is 22.7 Å². The highest BCUT2D eigenvalue weighted by Crippen LogP contribution is 2.64. The first-order chi connectivity index (χ1) is 15.1. The van der Waals surface area contributed by atoms with Gasteiger partial charge in [-0.3, -0.25) is 0 Å². The number of allylic oxidation sites excluding steroid dienone is 4. The fourth-order valence-electron chi connectivity index (χ4n) is 7.42. The van der Waals surface area contributed by atoms with Crippen LogP contribution in [-0.4, -0.2) is 44.1 Å². The van der Waals surface area contributed by atoms with Crippen molar-refractivity contribution in [3.8, 4) is 0 Å². The number of hydrogen-bond donors (Lipinski definition) is 3. The molecule has 4 heteroatoms. The molecule has 7 atom stereocenters. The van der Waals surface area contributed by atoms with Crippen LogP contribution in [0.1, 0.15) is 86.0 Å². The third kappa shape index (κ3) is 3.87. The van der Waals surface area contributed by atoms with Gasteiger partial charge in [-0.1, -0.05) is 62.6 Å². The van der Waals surface area contributed by atoms with Gasteiger partial charge < -0.3 is 15.3 Å². The molecule has 0 saturated heterocycles. The molecular formula is C28H44O3S. The monoisotopic (exact) mass is 460 g/mol. The fourth-order valence-corrected chi connectivity index (χ4v) is 8.81. The summed E-state index contributed by atoms with van der Waals surface area (Å²) in [6.45, 7) is 11.3. The highest BCUT2D eigenvalue weighted by atomic mass is 32.2. The van der Waals surface area contributed by atoms with E-state index in [-0.39, 0.29) is 10.8 Å². The van der Waals surface area contributed by atoms with E-state index < -0.39 is 17.8 Å². The molecule has 0 aromatic rings. The maximum atomic E-state index is 11.1. The Balaban J connectivity index is 1.50. The maximum absolute atomic E-state index is 11.1. The summed E-state index contributed by atoms with van der Waals surface area (Å²) in [5.74, 6) is 1.92. The van der Waals surface area contributed by atoms with Crippen LogP contribution in [0.15, 0.2) is 34.9 Å². The van der Waals surface area contributed by atoms with Crippen molar-refractivity contribution < 1.29 is 15.3 Å². The lowest BCUT2D eigenvalue weighted by molar-refractivity contribution is -0.0489. The number of rotatable bonds is 7. The normalized spacial score (nSPS) is 39.9. The number of aliphatic hydroxyl groups excluding tert-OH is 2. The van der Waals surface area contributed by atoms with Gasteiger partial charge in [-0.05, 0) is 74.9 Å². The Hall–Kier alpha value is -0.550. The van der Waals surface area contributed by atoms with E-state index in [4.69, 9.17) is 0 Å². The van der Waals surface area contributed by atoms with Gasteiger partial charge in [-0.25, -0.2) is 0 Å². The molecule has 0 radical (unpaired) electrons. The van der Waals surface area contributed by atoms with Crippen molar-refractivity contribution in [3.05, 3.63) is 34.9 Å². The Labute approximate surface area is 199 Å². The second-order valence-corrected chi connectivity index (χ2v) is 12.9. The minimum Gasteiger partial charge on any atom is -0.393 e. The first-order valence-electron chi connectivity index (χ1n) is 12.9. The van der Waals surface area contributed by atoms with E-state index >= 15 is 0 Å². The molecule has 2 fully saturated rings. The summed E-state index contributed by atoms with van der Waals surface area (Å²) in [7, 11) is 0. The van der Waals surface area contributed by atoms with E-state index in [0.29, 0.717) is 29.9 Å². The van der Waals surface area contributed by atoms with Crippen molar-refractivity contribution in [3.63, 3.8) is 0 Å². The Morgan fingerprint density at radius 3 is 2.56 bits per heavy atom. The molecule has 0 aromatic heterocycles. The second-order valence-electron chi connectivity index (χ2n) is 11.4. The van der Waals surface area contributed by atoms with Crippen LogP contribution in [0.3, 0.4) is 0 Å². The van der Waals surface area contributed by atoms with E-state index in [1.54, 1.807) is 5.57 Å². The summed E-state index contributed by atoms with van der Waals surface area (Å²) < 4.78 is 0. The molecule has 0 amide bonds. The van der Waals surface area contributed by atoms with Crippen LogP contribution in [-0.2, 0) is 0 Å². The Morgan fingerprint density at radius 1 is 1.16 bits per heavy atom. The van der Waals surface area contributed by atoms with Crippen LogP contribution in [0.4, 0.5) is 0 Å². The molecule has 0 aromatic carbocycles. The van der Waals surface area contributed by atoms with Crippen LogP contribution in [0.2, 0.25) is 0 Å². The maximum Gasteiger partial charge on any atom is 0.0661 e. The van der Waals surface area contributed by atoms with Crippen LogP contribution in [0, 0.1) is 22.7 Å². The Morgan fingerprint density at radius 2 is 1.88 bits per heavy atom. The summed E-state index contributed by atoms with van der Waals surface area (Å²) in [4.78, 5) is 0. The van der Waals surface area contributed by atoms with Gasteiger partial charge in [-0.2, -0.15) is 11.8 Å². The van der Waals surface area contributed by atoms with Gasteiger partial charge in [-0.15, -0.1) is 0 Å². The van der Waals surface area contributed by atoms with Gasteiger partial charge in [0, 0.05) is 17.1 Å². The molecule has 3 nitrogen and oxygen atoms in total. The standard InChI is InChI=1S/C28H44O3S/c1-6-28(31,7-2)14-15-32-18(3)22-10-11-23-21-9-8-19-16-20(29)17-25(30)27(19,5)24(21)12-13-26(22,23)4/h8-10,18,20,23-25,29-31H,6-7,11-17H2,1-5H3/t18-,20+,23-,24-,25-,26+,27-/m0/s1. The molecule has 32 heavy (non-hydrogen) atoms. The quantitative estimate of drug-likeness (QED) is 0.420. The van der Waals surface area contributed by atoms with Gasteiger partial charge in [0.2, 0.25) is 0 Å². The summed E-state index contributed by atoms with van der Waals surface area (Å²) in [6, 6.07) is 0. The zero-order valence-electron chi connectivity index (χ0n) is 20.7. The number of fused-ring (bicyclic) bond motifs is 5. The SMILES string of the molecule is CCC(O)(CC)CCS[C@@H](C)C1=CC[C@H]2C3=CC=C4C[C@@H](O)C[C@H](O)[C@]4(C)[C@H]3CC[C@]12C. The number of aliphatic hydroxyl groups is 3. The smallest absolute Gasteiger partial charge is 0.0661 e. The van der Waals surface area contributed by atoms with Crippen LogP contribution in [0.25, 0.3) is 0 Å². The van der Waals surface area contributed by atoms with Gasteiger partial charge in [0.15, 0.2) is 0 Å². The second kappa shape index (κ2) is 8.91. The minimum absolute atomic E-state index is 0.196. The highest BCUT2D eigenvalue weighted by Gasteiger charge is 2.57. The van der Waals surface area contributed by atoms with Gasteiger partial charge in [0.05, 0.1) is 17.8 Å². The third-order valence-corrected chi connectivity index (χ3v) is 11.2. The fraction of sp³-hybridized carbons (Fsp3) is 0.786.